The number of unbranched alkanes of at least 4 members (excludes halogenated alkanes) is 2. The summed E-state index contributed by atoms with van der Waals surface area (Å²) in [5.41, 5.74) is 3.07. The van der Waals surface area contributed by atoms with E-state index in [0.717, 1.165) is 36.1 Å². The predicted octanol–water partition coefficient (Wildman–Crippen LogP) is 6.26. The van der Waals surface area contributed by atoms with E-state index in [2.05, 4.69) is 12.2 Å². The molecule has 170 valence electrons. The smallest absolute Gasteiger partial charge is 0.338 e. The molecule has 0 aromatic heterocycles. The summed E-state index contributed by atoms with van der Waals surface area (Å²) in [6.45, 7) is 3.03. The molecule has 0 aliphatic heterocycles. The Morgan fingerprint density at radius 1 is 0.879 bits per heavy atom. The number of carbonyl (C=O) groups excluding carboxylic acids is 2. The van der Waals surface area contributed by atoms with Crippen molar-refractivity contribution < 1.29 is 19.1 Å². The summed E-state index contributed by atoms with van der Waals surface area (Å²) in [6, 6.07) is 24.2. The molecule has 5 heteroatoms. The van der Waals surface area contributed by atoms with Crippen molar-refractivity contribution in [3.05, 3.63) is 102 Å². The van der Waals surface area contributed by atoms with Gasteiger partial charge in [-0.15, -0.1) is 0 Å². The van der Waals surface area contributed by atoms with Crippen molar-refractivity contribution in [2.75, 3.05) is 11.9 Å². The van der Waals surface area contributed by atoms with Crippen LogP contribution in [0.25, 0.3) is 6.08 Å². The Bertz CT molecular complexity index is 1040. The van der Waals surface area contributed by atoms with Gasteiger partial charge in [-0.3, -0.25) is 4.79 Å². The van der Waals surface area contributed by atoms with Crippen LogP contribution in [-0.4, -0.2) is 18.5 Å². The molecule has 0 bridgehead atoms. The second-order valence-corrected chi connectivity index (χ2v) is 7.59. The predicted molar refractivity (Wildman–Crippen MR) is 131 cm³/mol. The number of hydrogen-bond acceptors (Lipinski definition) is 4. The molecule has 0 spiro atoms. The van der Waals surface area contributed by atoms with E-state index in [1.54, 1.807) is 30.3 Å². The Balaban J connectivity index is 1.45. The topological polar surface area (TPSA) is 64.6 Å². The number of anilines is 1. The molecule has 5 nitrogen and oxygen atoms in total. The Morgan fingerprint density at radius 2 is 1.61 bits per heavy atom. The Kier molecular flexibility index (Phi) is 9.28. The Morgan fingerprint density at radius 3 is 2.30 bits per heavy atom. The fourth-order valence-corrected chi connectivity index (χ4v) is 3.06. The highest BCUT2D eigenvalue weighted by Gasteiger charge is 2.07. The molecule has 3 rings (SSSR count). The molecule has 0 aliphatic rings. The highest BCUT2D eigenvalue weighted by molar-refractivity contribution is 6.02. The second-order valence-electron chi connectivity index (χ2n) is 7.59. The van der Waals surface area contributed by atoms with Gasteiger partial charge in [0, 0.05) is 11.8 Å². The van der Waals surface area contributed by atoms with Gasteiger partial charge in [0.25, 0.3) is 0 Å². The van der Waals surface area contributed by atoms with E-state index in [0.29, 0.717) is 24.5 Å². The van der Waals surface area contributed by atoms with Crippen LogP contribution in [0.4, 0.5) is 5.69 Å². The van der Waals surface area contributed by atoms with Gasteiger partial charge >= 0.3 is 5.97 Å². The maximum absolute atomic E-state index is 12.2. The van der Waals surface area contributed by atoms with Gasteiger partial charge in [-0.05, 0) is 60.0 Å². The number of ether oxygens (including phenoxy) is 2. The lowest BCUT2D eigenvalue weighted by atomic mass is 10.2. The van der Waals surface area contributed by atoms with Crippen LogP contribution in [0.3, 0.4) is 0 Å². The van der Waals surface area contributed by atoms with Crippen molar-refractivity contribution >= 4 is 23.6 Å². The van der Waals surface area contributed by atoms with Gasteiger partial charge in [0.1, 0.15) is 12.4 Å². The number of rotatable bonds is 11. The number of benzene rings is 3. The van der Waals surface area contributed by atoms with Crippen LogP contribution in [0.15, 0.2) is 84.9 Å². The van der Waals surface area contributed by atoms with E-state index in [1.807, 2.05) is 54.6 Å². The summed E-state index contributed by atoms with van der Waals surface area (Å²) in [7, 11) is 0. The summed E-state index contributed by atoms with van der Waals surface area (Å²) in [5.74, 6) is 0.166. The fraction of sp³-hybridized carbons (Fsp3) is 0.214. The molecule has 1 amide bonds. The molecule has 0 heterocycles. The Labute approximate surface area is 195 Å². The van der Waals surface area contributed by atoms with E-state index in [9.17, 15) is 9.59 Å². The summed E-state index contributed by atoms with van der Waals surface area (Å²) < 4.78 is 11.0. The van der Waals surface area contributed by atoms with Crippen LogP contribution >= 0.6 is 0 Å². The van der Waals surface area contributed by atoms with Gasteiger partial charge < -0.3 is 14.8 Å². The summed E-state index contributed by atoms with van der Waals surface area (Å²) >= 11 is 0. The number of amides is 1. The largest absolute Gasteiger partial charge is 0.489 e. The van der Waals surface area contributed by atoms with Crippen LogP contribution in [-0.2, 0) is 16.1 Å². The molecule has 0 fully saturated rings. The van der Waals surface area contributed by atoms with E-state index in [1.165, 1.54) is 6.08 Å². The van der Waals surface area contributed by atoms with Crippen LogP contribution in [0.5, 0.6) is 5.75 Å². The molecule has 33 heavy (non-hydrogen) atoms. The number of esters is 1. The fourth-order valence-electron chi connectivity index (χ4n) is 3.06. The highest BCUT2D eigenvalue weighted by Crippen LogP contribution is 2.16. The minimum atomic E-state index is -0.347. The third-order valence-electron chi connectivity index (χ3n) is 4.92. The van der Waals surface area contributed by atoms with Gasteiger partial charge in [-0.2, -0.15) is 0 Å². The Hall–Kier alpha value is -3.86. The maximum atomic E-state index is 12.2. The van der Waals surface area contributed by atoms with Crippen molar-refractivity contribution in [3.63, 3.8) is 0 Å². The lowest BCUT2D eigenvalue weighted by molar-refractivity contribution is -0.111. The average Bonchev–Trinajstić information content (AvgIpc) is 2.86. The van der Waals surface area contributed by atoms with Crippen molar-refractivity contribution in [3.8, 4) is 5.75 Å². The van der Waals surface area contributed by atoms with E-state index in [4.69, 9.17) is 9.47 Å². The second kappa shape index (κ2) is 12.9. The lowest BCUT2D eigenvalue weighted by Crippen LogP contribution is -2.09. The maximum Gasteiger partial charge on any atom is 0.338 e. The first-order valence-corrected chi connectivity index (χ1v) is 11.2. The molecule has 0 atom stereocenters. The summed E-state index contributed by atoms with van der Waals surface area (Å²) in [5, 5.41) is 2.79. The molecule has 0 unspecified atom stereocenters. The minimum Gasteiger partial charge on any atom is -0.489 e. The van der Waals surface area contributed by atoms with Gasteiger partial charge in [0.2, 0.25) is 5.91 Å². The molecule has 0 saturated carbocycles. The first-order chi connectivity index (χ1) is 16.1. The normalized spacial score (nSPS) is 10.7. The molecule has 0 saturated heterocycles. The van der Waals surface area contributed by atoms with Crippen molar-refractivity contribution in [1.29, 1.82) is 0 Å². The molecule has 0 aliphatic carbocycles. The summed E-state index contributed by atoms with van der Waals surface area (Å²) in [6.07, 6.45) is 6.19. The van der Waals surface area contributed by atoms with Crippen molar-refractivity contribution in [2.45, 2.75) is 32.8 Å². The molecular formula is C28H29NO4. The zero-order chi connectivity index (χ0) is 23.3. The van der Waals surface area contributed by atoms with Crippen LogP contribution in [0.2, 0.25) is 0 Å². The number of nitrogens with one attached hydrogen (secondary N) is 1. The third-order valence-corrected chi connectivity index (χ3v) is 4.92. The lowest BCUT2D eigenvalue weighted by Gasteiger charge is -2.07. The van der Waals surface area contributed by atoms with E-state index in [-0.39, 0.29) is 11.9 Å². The minimum absolute atomic E-state index is 0.255. The van der Waals surface area contributed by atoms with Crippen LogP contribution in [0.1, 0.15) is 47.7 Å². The molecule has 3 aromatic carbocycles. The van der Waals surface area contributed by atoms with Crippen LogP contribution < -0.4 is 10.1 Å². The first-order valence-electron chi connectivity index (χ1n) is 11.2. The average molecular weight is 444 g/mol. The zero-order valence-corrected chi connectivity index (χ0v) is 18.8. The highest BCUT2D eigenvalue weighted by atomic mass is 16.5. The van der Waals surface area contributed by atoms with E-state index >= 15 is 0 Å². The zero-order valence-electron chi connectivity index (χ0n) is 18.8. The van der Waals surface area contributed by atoms with Gasteiger partial charge in [0.05, 0.1) is 12.2 Å². The van der Waals surface area contributed by atoms with Gasteiger partial charge in [0.15, 0.2) is 0 Å². The molecule has 3 aromatic rings. The molecule has 0 radical (unpaired) electrons. The standard InChI is InChI=1S/C28H29NO4/c1-2-3-7-20-32-28(31)24-13-15-25(16-14-24)29-27(30)19-12-22-10-17-26(18-11-22)33-21-23-8-5-4-6-9-23/h4-6,8-19H,2-3,7,20-21H2,1H3,(H,29,30)/b19-12+. The van der Waals surface area contributed by atoms with Crippen molar-refractivity contribution in [1.82, 2.24) is 0 Å². The quantitative estimate of drug-likeness (QED) is 0.216. The number of hydrogen-bond donors (Lipinski definition) is 1. The van der Waals surface area contributed by atoms with E-state index < -0.39 is 0 Å². The number of carbonyl (C=O) groups is 2. The summed E-state index contributed by atoms with van der Waals surface area (Å²) in [4.78, 5) is 24.2. The third kappa shape index (κ3) is 8.30. The SMILES string of the molecule is CCCCCOC(=O)c1ccc(NC(=O)/C=C/c2ccc(OCc3ccccc3)cc2)cc1. The van der Waals surface area contributed by atoms with Crippen LogP contribution in [0, 0.1) is 0 Å². The molecular weight excluding hydrogens is 414 g/mol. The van der Waals surface area contributed by atoms with Crippen molar-refractivity contribution in [2.24, 2.45) is 0 Å². The van der Waals surface area contributed by atoms with Gasteiger partial charge in [-0.25, -0.2) is 4.79 Å². The van der Waals surface area contributed by atoms with Gasteiger partial charge in [-0.1, -0.05) is 62.2 Å². The molecule has 1 N–H and O–H groups in total. The first kappa shape index (κ1) is 23.8. The monoisotopic (exact) mass is 443 g/mol.